The zero-order valence-electron chi connectivity index (χ0n) is 10.9. The zero-order chi connectivity index (χ0) is 11.5. The summed E-state index contributed by atoms with van der Waals surface area (Å²) in [7, 11) is 0. The number of hydrogen-bond acceptors (Lipinski definition) is 3. The van der Waals surface area contributed by atoms with Gasteiger partial charge in [0.2, 0.25) is 0 Å². The molecule has 1 N–H and O–H groups in total. The van der Waals surface area contributed by atoms with Gasteiger partial charge in [-0.3, -0.25) is 0 Å². The lowest BCUT2D eigenvalue weighted by atomic mass is 9.78. The van der Waals surface area contributed by atoms with Crippen LogP contribution < -0.4 is 5.32 Å². The van der Waals surface area contributed by atoms with E-state index in [4.69, 9.17) is 0 Å². The van der Waals surface area contributed by atoms with Crippen molar-refractivity contribution in [3.63, 3.8) is 0 Å². The molecule has 17 heavy (non-hydrogen) atoms. The number of nitrogens with one attached hydrogen (secondary N) is 1. The van der Waals surface area contributed by atoms with Crippen LogP contribution in [0.3, 0.4) is 0 Å². The van der Waals surface area contributed by atoms with Crippen LogP contribution in [-0.2, 0) is 0 Å². The van der Waals surface area contributed by atoms with Gasteiger partial charge in [0, 0.05) is 43.2 Å². The van der Waals surface area contributed by atoms with Crippen LogP contribution in [0, 0.1) is 5.92 Å². The normalized spacial score (nSPS) is 39.9. The largest absolute Gasteiger partial charge is 0.310 e. The Morgan fingerprint density at radius 1 is 1.00 bits per heavy atom. The van der Waals surface area contributed by atoms with E-state index < -0.39 is 0 Å². The average Bonchev–Trinajstić information content (AvgIpc) is 2.40. The molecule has 0 bridgehead atoms. The van der Waals surface area contributed by atoms with Crippen molar-refractivity contribution in [3.05, 3.63) is 0 Å². The van der Waals surface area contributed by atoms with Crippen LogP contribution in [0.4, 0.5) is 0 Å². The van der Waals surface area contributed by atoms with Crippen molar-refractivity contribution in [3.8, 4) is 0 Å². The number of piperidine rings is 1. The van der Waals surface area contributed by atoms with E-state index in [0.29, 0.717) is 0 Å². The van der Waals surface area contributed by atoms with Crippen molar-refractivity contribution in [2.45, 2.75) is 50.6 Å². The monoisotopic (exact) mass is 254 g/mol. The van der Waals surface area contributed by atoms with Gasteiger partial charge in [0.15, 0.2) is 0 Å². The van der Waals surface area contributed by atoms with Crippen LogP contribution in [0.2, 0.25) is 0 Å². The molecule has 3 unspecified atom stereocenters. The molecule has 0 aromatic carbocycles. The van der Waals surface area contributed by atoms with E-state index >= 15 is 0 Å². The van der Waals surface area contributed by atoms with Crippen molar-refractivity contribution in [2.75, 3.05) is 31.1 Å². The molecule has 0 radical (unpaired) electrons. The van der Waals surface area contributed by atoms with Gasteiger partial charge in [-0.2, -0.15) is 11.8 Å². The molecule has 3 heteroatoms. The predicted octanol–water partition coefficient (Wildman–Crippen LogP) is 2.35. The maximum absolute atomic E-state index is 3.95. The molecule has 3 aliphatic rings. The van der Waals surface area contributed by atoms with E-state index in [1.807, 2.05) is 0 Å². The highest BCUT2D eigenvalue weighted by Crippen LogP contribution is 2.32. The third kappa shape index (κ3) is 3.18. The topological polar surface area (TPSA) is 15.3 Å². The highest BCUT2D eigenvalue weighted by molar-refractivity contribution is 7.99. The summed E-state index contributed by atoms with van der Waals surface area (Å²) in [6, 6.07) is 1.65. The Labute approximate surface area is 110 Å². The Hall–Kier alpha value is 0.270. The van der Waals surface area contributed by atoms with Gasteiger partial charge in [-0.25, -0.2) is 0 Å². The predicted molar refractivity (Wildman–Crippen MR) is 75.7 cm³/mol. The van der Waals surface area contributed by atoms with Gasteiger partial charge in [0.05, 0.1) is 0 Å². The highest BCUT2D eigenvalue weighted by atomic mass is 32.2. The fourth-order valence-electron chi connectivity index (χ4n) is 3.81. The number of hydrogen-bond donors (Lipinski definition) is 1. The second-order valence-electron chi connectivity index (χ2n) is 6.00. The molecule has 1 aliphatic carbocycles. The van der Waals surface area contributed by atoms with Crippen LogP contribution in [0.25, 0.3) is 0 Å². The second-order valence-corrected chi connectivity index (χ2v) is 7.23. The molecule has 0 aromatic heterocycles. The van der Waals surface area contributed by atoms with Gasteiger partial charge in [-0.15, -0.1) is 0 Å². The third-order valence-corrected chi connectivity index (χ3v) is 5.77. The van der Waals surface area contributed by atoms with Crippen molar-refractivity contribution >= 4 is 11.8 Å². The minimum absolute atomic E-state index is 0.789. The summed E-state index contributed by atoms with van der Waals surface area (Å²) in [5.41, 5.74) is 0. The minimum Gasteiger partial charge on any atom is -0.310 e. The maximum Gasteiger partial charge on any atom is 0.0197 e. The van der Waals surface area contributed by atoms with E-state index in [0.717, 1.165) is 18.0 Å². The molecule has 0 aromatic rings. The number of rotatable bonds is 2. The van der Waals surface area contributed by atoms with E-state index in [2.05, 4.69) is 22.0 Å². The Bertz CT molecular complexity index is 238. The summed E-state index contributed by atoms with van der Waals surface area (Å²) >= 11 is 2.12. The molecular formula is C14H26N2S. The van der Waals surface area contributed by atoms with Gasteiger partial charge in [-0.1, -0.05) is 12.8 Å². The van der Waals surface area contributed by atoms with Crippen molar-refractivity contribution < 1.29 is 0 Å². The standard InChI is InChI=1S/C14H26N2S/c1-2-4-14-12(3-1)5-6-13(15-14)11-16-7-9-17-10-8-16/h12-15H,1-11H2. The lowest BCUT2D eigenvalue weighted by molar-refractivity contribution is 0.148. The summed E-state index contributed by atoms with van der Waals surface area (Å²) in [6.07, 6.45) is 8.79. The van der Waals surface area contributed by atoms with E-state index in [-0.39, 0.29) is 0 Å². The Kier molecular flexibility index (Phi) is 4.30. The molecule has 3 rings (SSSR count). The molecule has 3 atom stereocenters. The molecule has 98 valence electrons. The molecule has 1 saturated carbocycles. The summed E-state index contributed by atoms with van der Waals surface area (Å²) in [6.45, 7) is 3.94. The minimum atomic E-state index is 0.789. The van der Waals surface area contributed by atoms with Crippen molar-refractivity contribution in [2.24, 2.45) is 5.92 Å². The molecule has 2 aliphatic heterocycles. The van der Waals surface area contributed by atoms with Gasteiger partial charge in [-0.05, 0) is 31.6 Å². The molecule has 3 fully saturated rings. The van der Waals surface area contributed by atoms with E-state index in [1.54, 1.807) is 0 Å². The summed E-state index contributed by atoms with van der Waals surface area (Å²) < 4.78 is 0. The smallest absolute Gasteiger partial charge is 0.0197 e. The highest BCUT2D eigenvalue weighted by Gasteiger charge is 2.32. The summed E-state index contributed by atoms with van der Waals surface area (Å²) in [5, 5.41) is 3.95. The van der Waals surface area contributed by atoms with Crippen molar-refractivity contribution in [1.29, 1.82) is 0 Å². The van der Waals surface area contributed by atoms with Crippen LogP contribution >= 0.6 is 11.8 Å². The fraction of sp³-hybridized carbons (Fsp3) is 1.00. The molecule has 0 amide bonds. The van der Waals surface area contributed by atoms with Gasteiger partial charge < -0.3 is 10.2 Å². The van der Waals surface area contributed by atoms with Crippen molar-refractivity contribution in [1.82, 2.24) is 10.2 Å². The average molecular weight is 254 g/mol. The maximum atomic E-state index is 3.95. The molecule has 2 nitrogen and oxygen atoms in total. The first-order chi connectivity index (χ1) is 8.42. The SMILES string of the molecule is C1CCC2NC(CN3CCSCC3)CCC2C1. The third-order valence-electron chi connectivity index (χ3n) is 4.83. The van der Waals surface area contributed by atoms with Gasteiger partial charge >= 0.3 is 0 Å². The molecular weight excluding hydrogens is 228 g/mol. The lowest BCUT2D eigenvalue weighted by Gasteiger charge is -2.42. The Balaban J connectivity index is 1.48. The van der Waals surface area contributed by atoms with E-state index in [1.165, 1.54) is 69.7 Å². The second kappa shape index (κ2) is 5.94. The number of thioether (sulfide) groups is 1. The number of nitrogens with zero attached hydrogens (tertiary/aromatic N) is 1. The lowest BCUT2D eigenvalue weighted by Crippen LogP contribution is -2.53. The first-order valence-electron chi connectivity index (χ1n) is 7.48. The number of fused-ring (bicyclic) bond motifs is 1. The van der Waals surface area contributed by atoms with Gasteiger partial charge in [0.25, 0.3) is 0 Å². The fourth-order valence-corrected chi connectivity index (χ4v) is 4.79. The zero-order valence-corrected chi connectivity index (χ0v) is 11.7. The van der Waals surface area contributed by atoms with Gasteiger partial charge in [0.1, 0.15) is 0 Å². The van der Waals surface area contributed by atoms with Crippen LogP contribution in [0.15, 0.2) is 0 Å². The van der Waals surface area contributed by atoms with Crippen LogP contribution in [0.5, 0.6) is 0 Å². The molecule has 0 spiro atoms. The molecule has 2 heterocycles. The van der Waals surface area contributed by atoms with Crippen LogP contribution in [0.1, 0.15) is 38.5 Å². The Morgan fingerprint density at radius 2 is 1.82 bits per heavy atom. The Morgan fingerprint density at radius 3 is 2.71 bits per heavy atom. The molecule has 2 saturated heterocycles. The summed E-state index contributed by atoms with van der Waals surface area (Å²) in [4.78, 5) is 2.68. The first-order valence-corrected chi connectivity index (χ1v) is 8.63. The first kappa shape index (κ1) is 12.3. The summed E-state index contributed by atoms with van der Waals surface area (Å²) in [5.74, 6) is 3.70. The van der Waals surface area contributed by atoms with E-state index in [9.17, 15) is 0 Å². The van der Waals surface area contributed by atoms with Crippen LogP contribution in [-0.4, -0.2) is 48.1 Å². The quantitative estimate of drug-likeness (QED) is 0.814.